The second-order valence-corrected chi connectivity index (χ2v) is 6.64. The molecule has 0 aromatic heterocycles. The zero-order valence-electron chi connectivity index (χ0n) is 15.3. The molecule has 0 aliphatic carbocycles. The minimum absolute atomic E-state index is 0.982. The van der Waals surface area contributed by atoms with Crippen LogP contribution in [-0.4, -0.2) is 0 Å². The first-order valence-electron chi connectivity index (χ1n) is 9.10. The van der Waals surface area contributed by atoms with Crippen molar-refractivity contribution in [3.63, 3.8) is 0 Å². The van der Waals surface area contributed by atoms with Crippen LogP contribution in [0.3, 0.4) is 0 Å². The van der Waals surface area contributed by atoms with E-state index in [4.69, 9.17) is 0 Å². The minimum atomic E-state index is 0.982. The first-order valence-corrected chi connectivity index (χ1v) is 9.10. The fourth-order valence-electron chi connectivity index (χ4n) is 3.36. The summed E-state index contributed by atoms with van der Waals surface area (Å²) in [7, 11) is 0. The average molecular weight is 326 g/mol. The first kappa shape index (κ1) is 17.2. The van der Waals surface area contributed by atoms with Gasteiger partial charge >= 0.3 is 0 Å². The predicted molar refractivity (Wildman–Crippen MR) is 110 cm³/mol. The van der Waals surface area contributed by atoms with Gasteiger partial charge in [0.1, 0.15) is 0 Å². The van der Waals surface area contributed by atoms with E-state index < -0.39 is 0 Å². The van der Waals surface area contributed by atoms with E-state index in [1.165, 1.54) is 39.0 Å². The summed E-state index contributed by atoms with van der Waals surface area (Å²) in [6.07, 6.45) is 3.11. The maximum absolute atomic E-state index is 4.42. The van der Waals surface area contributed by atoms with E-state index in [1.807, 2.05) is 0 Å². The van der Waals surface area contributed by atoms with Crippen LogP contribution in [0.25, 0.3) is 16.7 Å². The van der Waals surface area contributed by atoms with Crippen molar-refractivity contribution in [3.8, 4) is 11.1 Å². The molecule has 0 fully saturated rings. The quantitative estimate of drug-likeness (QED) is 0.463. The lowest BCUT2D eigenvalue weighted by Gasteiger charge is -2.16. The van der Waals surface area contributed by atoms with Crippen molar-refractivity contribution >= 4 is 5.57 Å². The van der Waals surface area contributed by atoms with Crippen LogP contribution in [0.15, 0.2) is 79.4 Å². The van der Waals surface area contributed by atoms with Crippen LogP contribution in [-0.2, 0) is 12.8 Å². The summed E-state index contributed by atoms with van der Waals surface area (Å²) < 4.78 is 0. The van der Waals surface area contributed by atoms with E-state index in [1.54, 1.807) is 0 Å². The van der Waals surface area contributed by atoms with Crippen LogP contribution in [0.1, 0.15) is 35.6 Å². The lowest BCUT2D eigenvalue weighted by Crippen LogP contribution is -1.95. The van der Waals surface area contributed by atoms with Gasteiger partial charge in [-0.15, -0.1) is 0 Å². The normalized spacial score (nSPS) is 10.6. The molecule has 0 amide bonds. The van der Waals surface area contributed by atoms with Gasteiger partial charge in [0, 0.05) is 0 Å². The van der Waals surface area contributed by atoms with Gasteiger partial charge in [0.15, 0.2) is 0 Å². The molecule has 0 unspecified atom stereocenters. The highest BCUT2D eigenvalue weighted by atomic mass is 14.1. The Bertz CT molecular complexity index is 839. The number of aryl methyl sites for hydroxylation is 3. The Labute approximate surface area is 151 Å². The van der Waals surface area contributed by atoms with Gasteiger partial charge in [0.25, 0.3) is 0 Å². The molecule has 0 atom stereocenters. The van der Waals surface area contributed by atoms with Crippen molar-refractivity contribution in [1.82, 2.24) is 0 Å². The molecular formula is C25H26. The second-order valence-electron chi connectivity index (χ2n) is 6.64. The summed E-state index contributed by atoms with van der Waals surface area (Å²) in [6, 6.07) is 26.1. The first-order chi connectivity index (χ1) is 12.2. The highest BCUT2D eigenvalue weighted by Gasteiger charge is 2.11. The number of hydrogen-bond donors (Lipinski definition) is 0. The number of hydrogen-bond acceptors (Lipinski definition) is 0. The molecule has 0 saturated carbocycles. The van der Waals surface area contributed by atoms with Crippen LogP contribution in [0.4, 0.5) is 0 Å². The monoisotopic (exact) mass is 326 g/mol. The largest absolute Gasteiger partial charge is 0.0952 e. The van der Waals surface area contributed by atoms with Crippen molar-refractivity contribution in [2.75, 3.05) is 0 Å². The zero-order valence-corrected chi connectivity index (χ0v) is 15.3. The van der Waals surface area contributed by atoms with Crippen LogP contribution in [0.5, 0.6) is 0 Å². The molecule has 0 aliphatic rings. The molecule has 3 aromatic carbocycles. The van der Waals surface area contributed by atoms with Crippen molar-refractivity contribution in [2.24, 2.45) is 0 Å². The molecule has 3 aromatic rings. The lowest BCUT2D eigenvalue weighted by molar-refractivity contribution is 1.01. The summed E-state index contributed by atoms with van der Waals surface area (Å²) >= 11 is 0. The van der Waals surface area contributed by atoms with E-state index in [9.17, 15) is 0 Å². The fourth-order valence-corrected chi connectivity index (χ4v) is 3.36. The van der Waals surface area contributed by atoms with Gasteiger partial charge in [-0.1, -0.05) is 86.3 Å². The molecule has 0 radical (unpaired) electrons. The molecule has 0 nitrogen and oxygen atoms in total. The summed E-state index contributed by atoms with van der Waals surface area (Å²) in [5.74, 6) is 0. The Kier molecular flexibility index (Phi) is 5.50. The van der Waals surface area contributed by atoms with E-state index in [0.29, 0.717) is 0 Å². The van der Waals surface area contributed by atoms with Crippen molar-refractivity contribution in [3.05, 3.63) is 102 Å². The Morgan fingerprint density at radius 1 is 0.800 bits per heavy atom. The number of benzene rings is 3. The molecule has 0 N–H and O–H groups in total. The Morgan fingerprint density at radius 3 is 2.16 bits per heavy atom. The van der Waals surface area contributed by atoms with Gasteiger partial charge in [-0.3, -0.25) is 0 Å². The van der Waals surface area contributed by atoms with Gasteiger partial charge < -0.3 is 0 Å². The summed E-state index contributed by atoms with van der Waals surface area (Å²) in [5.41, 5.74) is 9.14. The molecule has 0 heterocycles. The van der Waals surface area contributed by atoms with Gasteiger partial charge in [-0.25, -0.2) is 0 Å². The van der Waals surface area contributed by atoms with Gasteiger partial charge in [0.2, 0.25) is 0 Å². The molecule has 0 spiro atoms. The highest BCUT2D eigenvalue weighted by molar-refractivity contribution is 5.82. The summed E-state index contributed by atoms with van der Waals surface area (Å²) in [5, 5.41) is 0. The van der Waals surface area contributed by atoms with Crippen molar-refractivity contribution in [2.45, 2.75) is 33.1 Å². The van der Waals surface area contributed by atoms with E-state index in [0.717, 1.165) is 19.3 Å². The average Bonchev–Trinajstić information content (AvgIpc) is 2.67. The standard InChI is InChI=1S/C25H26/c1-4-21-15-17-22(18-16-21)14-13-20(3)25-19(2)9-8-12-24(25)23-10-6-5-7-11-23/h5-12,15-18H,3-4,13-14H2,1-2H3. The molecule has 3 rings (SSSR count). The third-order valence-electron chi connectivity index (χ3n) is 4.86. The van der Waals surface area contributed by atoms with Crippen LogP contribution >= 0.6 is 0 Å². The SMILES string of the molecule is C=C(CCc1ccc(CC)cc1)c1c(C)cccc1-c1ccccc1. The van der Waals surface area contributed by atoms with Gasteiger partial charge in [0.05, 0.1) is 0 Å². The zero-order chi connectivity index (χ0) is 17.6. The van der Waals surface area contributed by atoms with E-state index in [2.05, 4.69) is 93.2 Å². The molecule has 0 saturated heterocycles. The molecule has 0 heteroatoms. The van der Waals surface area contributed by atoms with Gasteiger partial charge in [-0.2, -0.15) is 0 Å². The fraction of sp³-hybridized carbons (Fsp3) is 0.200. The van der Waals surface area contributed by atoms with Crippen molar-refractivity contribution < 1.29 is 0 Å². The molecule has 25 heavy (non-hydrogen) atoms. The predicted octanol–water partition coefficient (Wildman–Crippen LogP) is 6.87. The minimum Gasteiger partial charge on any atom is -0.0952 e. The molecule has 126 valence electrons. The van der Waals surface area contributed by atoms with Gasteiger partial charge in [-0.05, 0) is 65.1 Å². The van der Waals surface area contributed by atoms with Crippen LogP contribution in [0, 0.1) is 6.92 Å². The highest BCUT2D eigenvalue weighted by Crippen LogP contribution is 2.32. The third kappa shape index (κ3) is 4.09. The Morgan fingerprint density at radius 2 is 1.48 bits per heavy atom. The van der Waals surface area contributed by atoms with Crippen LogP contribution in [0.2, 0.25) is 0 Å². The third-order valence-corrected chi connectivity index (χ3v) is 4.86. The molecule has 0 bridgehead atoms. The Balaban J connectivity index is 1.82. The second kappa shape index (κ2) is 7.98. The molecule has 0 aliphatic heterocycles. The van der Waals surface area contributed by atoms with Crippen LogP contribution < -0.4 is 0 Å². The number of rotatable bonds is 6. The van der Waals surface area contributed by atoms with Crippen molar-refractivity contribution in [1.29, 1.82) is 0 Å². The summed E-state index contributed by atoms with van der Waals surface area (Å²) in [4.78, 5) is 0. The topological polar surface area (TPSA) is 0 Å². The maximum Gasteiger partial charge on any atom is -0.0106 e. The van der Waals surface area contributed by atoms with E-state index in [-0.39, 0.29) is 0 Å². The Hall–Kier alpha value is -2.60. The smallest absolute Gasteiger partial charge is 0.0106 e. The lowest BCUT2D eigenvalue weighted by atomic mass is 9.89. The number of allylic oxidation sites excluding steroid dienone is 1. The maximum atomic E-state index is 4.42. The molecular weight excluding hydrogens is 300 g/mol. The summed E-state index contributed by atoms with van der Waals surface area (Å²) in [6.45, 7) is 8.80. The van der Waals surface area contributed by atoms with E-state index >= 15 is 0 Å².